The molecule has 11 nitrogen and oxygen atoms in total. The Balaban J connectivity index is 1.66. The van der Waals surface area contributed by atoms with Gasteiger partial charge < -0.3 is 44.1 Å². The third kappa shape index (κ3) is 3.77. The molecule has 0 unspecified atom stereocenters. The number of aliphatic hydroxyl groups is 4. The highest BCUT2D eigenvalue weighted by Gasteiger charge is 2.81. The first-order chi connectivity index (χ1) is 19.5. The number of hydrogen-bond acceptors (Lipinski definition) is 11. The molecule has 6 rings (SSSR count). The lowest BCUT2D eigenvalue weighted by Crippen LogP contribution is -2.75. The first-order valence-corrected chi connectivity index (χ1v) is 14.4. The normalized spacial score (nSPS) is 46.0. The van der Waals surface area contributed by atoms with E-state index in [1.54, 1.807) is 65.0 Å². The molecule has 2 saturated heterocycles. The molecule has 11 atom stereocenters. The monoisotopic (exact) mass is 588 g/mol. The van der Waals surface area contributed by atoms with Crippen molar-refractivity contribution in [3.05, 3.63) is 47.0 Å². The Bertz CT molecular complexity index is 1320. The zero-order valence-electron chi connectivity index (χ0n) is 24.7. The highest BCUT2D eigenvalue weighted by molar-refractivity contribution is 5.89. The minimum absolute atomic E-state index is 0.0220. The lowest BCUT2D eigenvalue weighted by molar-refractivity contribution is -0.435. The number of fused-ring (bicyclic) bond motifs is 3. The van der Waals surface area contributed by atoms with Crippen LogP contribution >= 0.6 is 0 Å². The quantitative estimate of drug-likeness (QED) is 0.299. The van der Waals surface area contributed by atoms with Crippen molar-refractivity contribution in [1.29, 1.82) is 0 Å². The number of aliphatic hydroxyl groups excluding tert-OH is 3. The van der Waals surface area contributed by atoms with Crippen LogP contribution in [0.3, 0.4) is 0 Å². The molecule has 2 aliphatic heterocycles. The molecule has 5 aliphatic rings. The molecule has 11 heteroatoms. The van der Waals surface area contributed by atoms with E-state index in [2.05, 4.69) is 0 Å². The van der Waals surface area contributed by atoms with E-state index < -0.39 is 82.5 Å². The van der Waals surface area contributed by atoms with E-state index in [1.165, 1.54) is 6.92 Å². The van der Waals surface area contributed by atoms with E-state index in [0.29, 0.717) is 5.57 Å². The van der Waals surface area contributed by atoms with Crippen LogP contribution in [0, 0.1) is 16.7 Å². The minimum atomic E-state index is -1.62. The third-order valence-electron chi connectivity index (χ3n) is 10.7. The van der Waals surface area contributed by atoms with Crippen LogP contribution in [0.25, 0.3) is 0 Å². The second kappa shape index (κ2) is 9.31. The Morgan fingerprint density at radius 1 is 1.07 bits per heavy atom. The van der Waals surface area contributed by atoms with E-state index in [0.717, 1.165) is 0 Å². The van der Waals surface area contributed by atoms with E-state index >= 15 is 0 Å². The van der Waals surface area contributed by atoms with Gasteiger partial charge in [0.2, 0.25) is 0 Å². The summed E-state index contributed by atoms with van der Waals surface area (Å²) in [6, 6.07) is 8.29. The Morgan fingerprint density at radius 2 is 1.74 bits per heavy atom. The predicted octanol–water partition coefficient (Wildman–Crippen LogP) is 1.60. The second-order valence-electron chi connectivity index (χ2n) is 13.4. The first-order valence-electron chi connectivity index (χ1n) is 14.4. The van der Waals surface area contributed by atoms with Gasteiger partial charge in [0, 0.05) is 26.2 Å². The number of carbonyl (C=O) groups excluding carboxylic acids is 2. The average molecular weight is 589 g/mol. The van der Waals surface area contributed by atoms with E-state index in [9.17, 15) is 30.0 Å². The lowest BCUT2D eigenvalue weighted by Gasteiger charge is -2.63. The Kier molecular flexibility index (Phi) is 6.58. The number of esters is 2. The fourth-order valence-electron chi connectivity index (χ4n) is 8.85. The summed E-state index contributed by atoms with van der Waals surface area (Å²) < 4.78 is 31.1. The molecule has 0 radical (unpaired) electrons. The Morgan fingerprint density at radius 3 is 2.36 bits per heavy atom. The zero-order chi connectivity index (χ0) is 30.6. The van der Waals surface area contributed by atoms with Gasteiger partial charge in [0.05, 0.1) is 46.9 Å². The fourth-order valence-corrected chi connectivity index (χ4v) is 8.85. The summed E-state index contributed by atoms with van der Waals surface area (Å²) in [4.78, 5) is 26.1. The van der Waals surface area contributed by atoms with Crippen molar-refractivity contribution < 1.29 is 53.7 Å². The molecule has 0 aromatic heterocycles. The highest BCUT2D eigenvalue weighted by atomic mass is 16.9. The number of hydrogen-bond donors (Lipinski definition) is 4. The first kappa shape index (κ1) is 29.7. The maximum atomic E-state index is 13.7. The van der Waals surface area contributed by atoms with Crippen LogP contribution in [-0.2, 0) is 28.5 Å². The number of carbonyl (C=O) groups is 2. The summed E-state index contributed by atoms with van der Waals surface area (Å²) in [5, 5.41) is 47.4. The summed E-state index contributed by atoms with van der Waals surface area (Å²) in [5.74, 6) is -3.93. The molecule has 1 aromatic rings. The van der Waals surface area contributed by atoms with Crippen LogP contribution in [-0.4, -0.2) is 92.8 Å². The van der Waals surface area contributed by atoms with Crippen molar-refractivity contribution in [3.63, 3.8) is 0 Å². The molecule has 230 valence electrons. The van der Waals surface area contributed by atoms with Crippen molar-refractivity contribution in [3.8, 4) is 0 Å². The van der Waals surface area contributed by atoms with Crippen molar-refractivity contribution in [2.75, 3.05) is 6.61 Å². The number of ether oxygens (including phenoxy) is 5. The molecule has 2 bridgehead atoms. The lowest BCUT2D eigenvalue weighted by atomic mass is 9.50. The summed E-state index contributed by atoms with van der Waals surface area (Å²) >= 11 is 0. The summed E-state index contributed by atoms with van der Waals surface area (Å²) in [5.41, 5.74) is -5.01. The Labute approximate surface area is 244 Å². The van der Waals surface area contributed by atoms with Gasteiger partial charge in [-0.25, -0.2) is 4.79 Å². The van der Waals surface area contributed by atoms with Gasteiger partial charge >= 0.3 is 11.9 Å². The smallest absolute Gasteiger partial charge is 0.338 e. The van der Waals surface area contributed by atoms with Crippen LogP contribution in [0.2, 0.25) is 0 Å². The molecule has 4 N–H and O–H groups in total. The largest absolute Gasteiger partial charge is 0.462 e. The van der Waals surface area contributed by atoms with Crippen LogP contribution in [0.5, 0.6) is 0 Å². The topological polar surface area (TPSA) is 161 Å². The van der Waals surface area contributed by atoms with Crippen molar-refractivity contribution in [2.24, 2.45) is 16.7 Å². The highest BCUT2D eigenvalue weighted by Crippen LogP contribution is 2.70. The second-order valence-corrected chi connectivity index (χ2v) is 13.4. The van der Waals surface area contributed by atoms with Crippen molar-refractivity contribution in [1.82, 2.24) is 0 Å². The predicted molar refractivity (Wildman–Crippen MR) is 145 cm³/mol. The molecular formula is C31H40O11. The van der Waals surface area contributed by atoms with Crippen LogP contribution in [0.1, 0.15) is 64.7 Å². The summed E-state index contributed by atoms with van der Waals surface area (Å²) in [6.07, 6.45) is -7.44. The molecule has 2 saturated carbocycles. The number of benzene rings is 1. The van der Waals surface area contributed by atoms with Crippen molar-refractivity contribution in [2.45, 2.75) is 108 Å². The molecular weight excluding hydrogens is 548 g/mol. The van der Waals surface area contributed by atoms with Gasteiger partial charge in [0.25, 0.3) is 5.97 Å². The van der Waals surface area contributed by atoms with Crippen LogP contribution in [0.4, 0.5) is 0 Å². The van der Waals surface area contributed by atoms with E-state index in [1.807, 2.05) is 0 Å². The molecule has 0 amide bonds. The molecule has 1 spiro atoms. The van der Waals surface area contributed by atoms with Gasteiger partial charge in [-0.15, -0.1) is 0 Å². The van der Waals surface area contributed by atoms with Gasteiger partial charge in [0.15, 0.2) is 0 Å². The standard InChI is InChI=1S/C31H40O11/c1-15-18(33)13-30(27(3,4)37)21(15)22(35)24(40-26(36)17-10-8-7-9-11-17)28(5)20(39-16(2)32)12-19(34)31-14-38-29(6,42-31)41-25(30)23(28)31/h7-11,18-20,22-25,33-35,37H,12-14H2,1-6H3/t18-,19-,20-,22+,23-,24-,25-,28+,29-,30-,31-/m1/s1. The van der Waals surface area contributed by atoms with Crippen molar-refractivity contribution >= 4 is 11.9 Å². The van der Waals surface area contributed by atoms with Gasteiger partial charge in [-0.2, -0.15) is 0 Å². The van der Waals surface area contributed by atoms with Crippen LogP contribution < -0.4 is 0 Å². The maximum absolute atomic E-state index is 13.7. The third-order valence-corrected chi connectivity index (χ3v) is 10.7. The summed E-state index contributed by atoms with van der Waals surface area (Å²) in [6.45, 7) is 9.29. The number of rotatable bonds is 4. The fraction of sp³-hybridized carbons (Fsp3) is 0.677. The van der Waals surface area contributed by atoms with Gasteiger partial charge in [-0.05, 0) is 50.5 Å². The SMILES string of the molecule is CC(=O)O[C@@H]1C[C@@H](O)[C@]23CO[C@](C)(O[C@@H]4[C@@H]2[C@@]1(C)[C@H](OC(=O)c1ccccc1)[C@@H](O)C1=C(C)[C@H](O)C[C@@]14C(C)(C)O)O3. The van der Waals surface area contributed by atoms with Gasteiger partial charge in [0.1, 0.15) is 23.9 Å². The van der Waals surface area contributed by atoms with E-state index in [4.69, 9.17) is 23.7 Å². The van der Waals surface area contributed by atoms with Gasteiger partial charge in [-0.1, -0.05) is 25.1 Å². The average Bonchev–Trinajstić information content (AvgIpc) is 3.33. The zero-order valence-corrected chi connectivity index (χ0v) is 24.7. The minimum Gasteiger partial charge on any atom is -0.462 e. The van der Waals surface area contributed by atoms with Crippen LogP contribution in [0.15, 0.2) is 41.5 Å². The maximum Gasteiger partial charge on any atom is 0.338 e. The van der Waals surface area contributed by atoms with Gasteiger partial charge in [-0.3, -0.25) is 4.79 Å². The van der Waals surface area contributed by atoms with E-state index in [-0.39, 0.29) is 30.6 Å². The molecule has 42 heavy (non-hydrogen) atoms. The molecule has 4 fully saturated rings. The molecule has 3 aliphatic carbocycles. The molecule has 1 aromatic carbocycles. The Hall–Kier alpha value is -2.38. The summed E-state index contributed by atoms with van der Waals surface area (Å²) in [7, 11) is 0. The molecule has 2 heterocycles.